The topological polar surface area (TPSA) is 51.8 Å². The van der Waals surface area contributed by atoms with E-state index in [0.29, 0.717) is 5.82 Å². The Hall–Kier alpha value is -6.13. The standard InChI is InChI=1S/C41H25N3O/c1-3-13-26(14-4-1)34-25-35(27-15-5-2-6-16-27)44-41(43-34)38-30-19-9-7-17-28(30)37(29-18-8-10-20-31(29)38)33-23-24-42-39-32-21-11-12-22-36(32)45-40(33)39/h1-25H. The van der Waals surface area contributed by atoms with Crippen molar-refractivity contribution in [1.29, 1.82) is 0 Å². The molecule has 0 spiro atoms. The maximum Gasteiger partial charge on any atom is 0.161 e. The first-order chi connectivity index (χ1) is 22.3. The molecule has 0 amide bonds. The number of benzene rings is 6. The first kappa shape index (κ1) is 25.4. The van der Waals surface area contributed by atoms with Crippen molar-refractivity contribution in [1.82, 2.24) is 15.0 Å². The number of para-hydroxylation sites is 1. The molecule has 4 nitrogen and oxygen atoms in total. The van der Waals surface area contributed by atoms with Gasteiger partial charge in [0.05, 0.1) is 11.4 Å². The van der Waals surface area contributed by atoms with E-state index < -0.39 is 0 Å². The van der Waals surface area contributed by atoms with Crippen LogP contribution in [0.3, 0.4) is 0 Å². The van der Waals surface area contributed by atoms with Gasteiger partial charge in [-0.2, -0.15) is 0 Å². The van der Waals surface area contributed by atoms with E-state index >= 15 is 0 Å². The zero-order valence-electron chi connectivity index (χ0n) is 24.2. The third-order valence-corrected chi connectivity index (χ3v) is 8.55. The molecular formula is C41H25N3O. The Labute approximate surface area is 259 Å². The van der Waals surface area contributed by atoms with E-state index in [1.807, 2.05) is 60.8 Å². The normalized spacial score (nSPS) is 11.6. The average Bonchev–Trinajstić information content (AvgIpc) is 3.50. The molecule has 0 saturated carbocycles. The lowest BCUT2D eigenvalue weighted by Gasteiger charge is -2.18. The van der Waals surface area contributed by atoms with Crippen LogP contribution in [0.2, 0.25) is 0 Å². The lowest BCUT2D eigenvalue weighted by molar-refractivity contribution is 0.669. The van der Waals surface area contributed by atoms with Gasteiger partial charge in [-0.1, -0.05) is 121 Å². The first-order valence-electron chi connectivity index (χ1n) is 15.0. The van der Waals surface area contributed by atoms with Gasteiger partial charge in [-0.05, 0) is 45.8 Å². The minimum atomic E-state index is 0.692. The average molecular weight is 576 g/mol. The minimum absolute atomic E-state index is 0.692. The fourth-order valence-electron chi connectivity index (χ4n) is 6.53. The van der Waals surface area contributed by atoms with Crippen LogP contribution in [-0.4, -0.2) is 15.0 Å². The summed E-state index contributed by atoms with van der Waals surface area (Å²) in [6.45, 7) is 0. The molecule has 9 aromatic rings. The Bertz CT molecular complexity index is 2420. The summed E-state index contributed by atoms with van der Waals surface area (Å²) in [5, 5.41) is 5.38. The van der Waals surface area contributed by atoms with Gasteiger partial charge in [0.2, 0.25) is 0 Å². The van der Waals surface area contributed by atoms with Crippen molar-refractivity contribution in [2.75, 3.05) is 0 Å². The molecule has 0 fully saturated rings. The monoisotopic (exact) mass is 575 g/mol. The van der Waals surface area contributed by atoms with E-state index in [1.165, 1.54) is 0 Å². The van der Waals surface area contributed by atoms with Crippen molar-refractivity contribution >= 4 is 43.6 Å². The number of hydrogen-bond acceptors (Lipinski definition) is 4. The van der Waals surface area contributed by atoms with Crippen molar-refractivity contribution in [2.24, 2.45) is 0 Å². The number of nitrogens with zero attached hydrogens (tertiary/aromatic N) is 3. The molecule has 0 bridgehead atoms. The molecule has 0 atom stereocenters. The van der Waals surface area contributed by atoms with Crippen LogP contribution in [0, 0.1) is 0 Å². The summed E-state index contributed by atoms with van der Waals surface area (Å²) in [6.07, 6.45) is 1.88. The van der Waals surface area contributed by atoms with Crippen LogP contribution in [0.5, 0.6) is 0 Å². The number of fused-ring (bicyclic) bond motifs is 5. The Balaban J connectivity index is 1.39. The predicted octanol–water partition coefficient (Wildman–Crippen LogP) is 10.7. The van der Waals surface area contributed by atoms with Crippen molar-refractivity contribution in [3.05, 3.63) is 152 Å². The summed E-state index contributed by atoms with van der Waals surface area (Å²) in [7, 11) is 0. The summed E-state index contributed by atoms with van der Waals surface area (Å²) < 4.78 is 6.49. The second-order valence-corrected chi connectivity index (χ2v) is 11.2. The quantitative estimate of drug-likeness (QED) is 0.196. The number of aromatic nitrogens is 3. The summed E-state index contributed by atoms with van der Waals surface area (Å²) in [5.41, 5.74) is 9.48. The molecule has 0 aliphatic heterocycles. The molecule has 0 aliphatic rings. The molecular weight excluding hydrogens is 550 g/mol. The molecule has 4 heteroatoms. The number of rotatable bonds is 4. The van der Waals surface area contributed by atoms with Gasteiger partial charge in [0.25, 0.3) is 0 Å². The minimum Gasteiger partial charge on any atom is -0.454 e. The molecule has 0 aliphatic carbocycles. The SMILES string of the molecule is c1ccc(-c2cc(-c3ccccc3)nc(-c3c4ccccc4c(-c4ccnc5c4oc4ccccc45)c4ccccc34)n2)cc1. The second-order valence-electron chi connectivity index (χ2n) is 11.2. The molecule has 3 aromatic heterocycles. The van der Waals surface area contributed by atoms with Gasteiger partial charge in [0, 0.05) is 39.4 Å². The molecule has 3 heterocycles. The third kappa shape index (κ3) is 4.11. The molecule has 6 aromatic carbocycles. The fraction of sp³-hybridized carbons (Fsp3) is 0. The summed E-state index contributed by atoms with van der Waals surface area (Å²) in [4.78, 5) is 15.2. The molecule has 45 heavy (non-hydrogen) atoms. The van der Waals surface area contributed by atoms with E-state index in [9.17, 15) is 0 Å². The summed E-state index contributed by atoms with van der Waals surface area (Å²) >= 11 is 0. The Morgan fingerprint density at radius 1 is 0.444 bits per heavy atom. The van der Waals surface area contributed by atoms with Crippen LogP contribution in [0.4, 0.5) is 0 Å². The maximum atomic E-state index is 6.49. The first-order valence-corrected chi connectivity index (χ1v) is 15.0. The molecule has 0 unspecified atom stereocenters. The fourth-order valence-corrected chi connectivity index (χ4v) is 6.53. The highest BCUT2D eigenvalue weighted by Gasteiger charge is 2.22. The van der Waals surface area contributed by atoms with Crippen LogP contribution in [0.1, 0.15) is 0 Å². The van der Waals surface area contributed by atoms with Crippen LogP contribution < -0.4 is 0 Å². The Morgan fingerprint density at radius 3 is 1.51 bits per heavy atom. The highest BCUT2D eigenvalue weighted by atomic mass is 16.3. The van der Waals surface area contributed by atoms with Crippen molar-refractivity contribution in [2.45, 2.75) is 0 Å². The second kappa shape index (κ2) is 10.2. The van der Waals surface area contributed by atoms with Crippen molar-refractivity contribution in [3.63, 3.8) is 0 Å². The largest absolute Gasteiger partial charge is 0.454 e. The zero-order valence-corrected chi connectivity index (χ0v) is 24.2. The van der Waals surface area contributed by atoms with E-state index in [0.717, 1.165) is 82.8 Å². The predicted molar refractivity (Wildman–Crippen MR) is 184 cm³/mol. The van der Waals surface area contributed by atoms with E-state index in [1.54, 1.807) is 0 Å². The Morgan fingerprint density at radius 2 is 0.933 bits per heavy atom. The van der Waals surface area contributed by atoms with Crippen LogP contribution in [0.15, 0.2) is 156 Å². The number of hydrogen-bond donors (Lipinski definition) is 0. The van der Waals surface area contributed by atoms with Gasteiger partial charge in [-0.15, -0.1) is 0 Å². The molecule has 9 rings (SSSR count). The van der Waals surface area contributed by atoms with Crippen molar-refractivity contribution in [3.8, 4) is 45.0 Å². The smallest absolute Gasteiger partial charge is 0.161 e. The highest BCUT2D eigenvalue weighted by molar-refractivity contribution is 6.23. The van der Waals surface area contributed by atoms with Gasteiger partial charge in [-0.3, -0.25) is 4.98 Å². The zero-order chi connectivity index (χ0) is 29.7. The number of furan rings is 1. The molecule has 0 saturated heterocycles. The molecule has 0 N–H and O–H groups in total. The lowest BCUT2D eigenvalue weighted by atomic mass is 9.88. The maximum absolute atomic E-state index is 6.49. The van der Waals surface area contributed by atoms with Gasteiger partial charge in [0.1, 0.15) is 11.1 Å². The van der Waals surface area contributed by atoms with Gasteiger partial charge in [-0.25, -0.2) is 9.97 Å². The number of pyridine rings is 1. The highest BCUT2D eigenvalue weighted by Crippen LogP contribution is 2.45. The van der Waals surface area contributed by atoms with Crippen LogP contribution in [0.25, 0.3) is 88.6 Å². The summed E-state index contributed by atoms with van der Waals surface area (Å²) in [6, 6.07) is 50.0. The van der Waals surface area contributed by atoms with Crippen molar-refractivity contribution < 1.29 is 4.42 Å². The van der Waals surface area contributed by atoms with Gasteiger partial charge < -0.3 is 4.42 Å². The summed E-state index contributed by atoms with van der Waals surface area (Å²) in [5.74, 6) is 0.692. The third-order valence-electron chi connectivity index (χ3n) is 8.55. The van der Waals surface area contributed by atoms with Crippen LogP contribution >= 0.6 is 0 Å². The van der Waals surface area contributed by atoms with Gasteiger partial charge >= 0.3 is 0 Å². The van der Waals surface area contributed by atoms with E-state index in [4.69, 9.17) is 19.4 Å². The Kier molecular flexibility index (Phi) is 5.78. The van der Waals surface area contributed by atoms with Gasteiger partial charge in [0.15, 0.2) is 11.4 Å². The van der Waals surface area contributed by atoms with E-state index in [-0.39, 0.29) is 0 Å². The lowest BCUT2D eigenvalue weighted by Crippen LogP contribution is -1.98. The molecule has 0 radical (unpaired) electrons. The molecule has 210 valence electrons. The van der Waals surface area contributed by atoms with Crippen LogP contribution in [-0.2, 0) is 0 Å². The van der Waals surface area contributed by atoms with E-state index in [2.05, 4.69) is 91.0 Å².